The number of aromatic nitrogens is 3. The lowest BCUT2D eigenvalue weighted by Crippen LogP contribution is -2.48. The molecule has 2 aromatic rings. The largest absolute Gasteiger partial charge is 0.382 e. The van der Waals surface area contributed by atoms with E-state index in [1.165, 1.54) is 18.3 Å². The number of β-amino-alcohol motifs (C(OH)–C–C–N with tert-alkyl or cyclic N) is 1. The molecule has 0 aliphatic carbocycles. The highest BCUT2D eigenvalue weighted by Gasteiger charge is 2.38. The molecule has 1 amide bonds. The Balaban J connectivity index is 1.62. The second-order valence-electron chi connectivity index (χ2n) is 6.04. The van der Waals surface area contributed by atoms with Crippen LogP contribution in [-0.2, 0) is 16.8 Å². The van der Waals surface area contributed by atoms with Crippen molar-refractivity contribution in [3.8, 4) is 0 Å². The predicted octanol–water partition coefficient (Wildman–Crippen LogP) is 1.53. The predicted molar refractivity (Wildman–Crippen MR) is 80.8 cm³/mol. The fourth-order valence-electron chi connectivity index (χ4n) is 3.01. The van der Waals surface area contributed by atoms with Crippen LogP contribution in [0.15, 0.2) is 24.4 Å². The summed E-state index contributed by atoms with van der Waals surface area (Å²) < 4.78 is 26.5. The number of aromatic amines is 1. The smallest absolute Gasteiger partial charge is 0.223 e. The first-order valence-electron chi connectivity index (χ1n) is 7.78. The standard InChI is InChI=1S/C16H18F2N4O2/c17-12-4-2-11(13(18)8-12)3-5-15(23)22-7-1-6-16(24,10-22)14-9-19-21-20-14/h2,4,8-9,24H,1,3,5-7,10H2,(H,19,20,21)/t16-/m1/s1. The molecular formula is C16H18F2N4O2. The van der Waals surface area contributed by atoms with Crippen LogP contribution in [-0.4, -0.2) is 44.4 Å². The van der Waals surface area contributed by atoms with Crippen LogP contribution in [0.25, 0.3) is 0 Å². The molecule has 1 atom stereocenters. The van der Waals surface area contributed by atoms with E-state index in [9.17, 15) is 18.7 Å². The third-order valence-corrected chi connectivity index (χ3v) is 4.34. The van der Waals surface area contributed by atoms with Gasteiger partial charge in [-0.05, 0) is 30.9 Å². The highest BCUT2D eigenvalue weighted by molar-refractivity contribution is 5.76. The van der Waals surface area contributed by atoms with E-state index >= 15 is 0 Å². The molecule has 2 N–H and O–H groups in total. The molecule has 8 heteroatoms. The number of H-pyrrole nitrogens is 1. The van der Waals surface area contributed by atoms with Gasteiger partial charge in [-0.25, -0.2) is 8.78 Å². The molecule has 128 valence electrons. The van der Waals surface area contributed by atoms with Gasteiger partial charge in [0.15, 0.2) is 0 Å². The number of carbonyl (C=O) groups is 1. The molecule has 1 aliphatic heterocycles. The zero-order valence-corrected chi connectivity index (χ0v) is 13.0. The third kappa shape index (κ3) is 3.43. The van der Waals surface area contributed by atoms with E-state index < -0.39 is 17.2 Å². The summed E-state index contributed by atoms with van der Waals surface area (Å²) in [6, 6.07) is 3.33. The minimum absolute atomic E-state index is 0.0947. The number of hydrogen-bond donors (Lipinski definition) is 2. The average molecular weight is 336 g/mol. The number of halogens is 2. The zero-order chi connectivity index (χ0) is 17.2. The molecule has 0 saturated carbocycles. The number of aliphatic hydroxyl groups is 1. The van der Waals surface area contributed by atoms with Crippen molar-refractivity contribution in [2.45, 2.75) is 31.3 Å². The van der Waals surface area contributed by atoms with Crippen LogP contribution in [0.1, 0.15) is 30.5 Å². The van der Waals surface area contributed by atoms with Crippen molar-refractivity contribution in [3.63, 3.8) is 0 Å². The number of piperidine rings is 1. The molecular weight excluding hydrogens is 318 g/mol. The molecule has 24 heavy (non-hydrogen) atoms. The van der Waals surface area contributed by atoms with Gasteiger partial charge >= 0.3 is 0 Å². The van der Waals surface area contributed by atoms with Crippen LogP contribution < -0.4 is 0 Å². The Bertz CT molecular complexity index is 723. The second kappa shape index (κ2) is 6.64. The molecule has 1 aromatic carbocycles. The molecule has 1 aliphatic rings. The number of rotatable bonds is 4. The van der Waals surface area contributed by atoms with Crippen molar-refractivity contribution in [1.29, 1.82) is 0 Å². The SMILES string of the molecule is O=C(CCc1ccc(F)cc1F)N1CCC[C@](O)(c2cn[nH]n2)C1. The highest BCUT2D eigenvalue weighted by atomic mass is 19.1. The van der Waals surface area contributed by atoms with Crippen LogP contribution in [0, 0.1) is 11.6 Å². The number of aryl methyl sites for hydroxylation is 1. The molecule has 3 rings (SSSR count). The molecule has 0 bridgehead atoms. The van der Waals surface area contributed by atoms with Gasteiger partial charge in [0.1, 0.15) is 22.9 Å². The molecule has 0 spiro atoms. The van der Waals surface area contributed by atoms with E-state index in [0.29, 0.717) is 30.6 Å². The van der Waals surface area contributed by atoms with Gasteiger partial charge < -0.3 is 10.0 Å². The molecule has 6 nitrogen and oxygen atoms in total. The summed E-state index contributed by atoms with van der Waals surface area (Å²) in [7, 11) is 0. The summed E-state index contributed by atoms with van der Waals surface area (Å²) in [5, 5.41) is 20.8. The molecule has 1 aromatic heterocycles. The van der Waals surface area contributed by atoms with Crippen LogP contribution in [0.4, 0.5) is 8.78 Å². The number of hydrogen-bond acceptors (Lipinski definition) is 4. The lowest BCUT2D eigenvalue weighted by atomic mass is 9.90. The summed E-state index contributed by atoms with van der Waals surface area (Å²) in [6.07, 6.45) is 2.86. The van der Waals surface area contributed by atoms with E-state index in [4.69, 9.17) is 0 Å². The Morgan fingerprint density at radius 2 is 2.25 bits per heavy atom. The Morgan fingerprint density at radius 3 is 2.96 bits per heavy atom. The first-order chi connectivity index (χ1) is 11.5. The van der Waals surface area contributed by atoms with E-state index in [0.717, 1.165) is 6.07 Å². The normalized spacial score (nSPS) is 21.0. The molecule has 0 unspecified atom stereocenters. The van der Waals surface area contributed by atoms with E-state index in [2.05, 4.69) is 15.4 Å². The Morgan fingerprint density at radius 1 is 1.42 bits per heavy atom. The molecule has 2 heterocycles. The van der Waals surface area contributed by atoms with Crippen molar-refractivity contribution < 1.29 is 18.7 Å². The van der Waals surface area contributed by atoms with Crippen LogP contribution in [0.5, 0.6) is 0 Å². The lowest BCUT2D eigenvalue weighted by Gasteiger charge is -2.38. The zero-order valence-electron chi connectivity index (χ0n) is 13.0. The second-order valence-corrected chi connectivity index (χ2v) is 6.04. The molecule has 1 fully saturated rings. The van der Waals surface area contributed by atoms with Crippen molar-refractivity contribution >= 4 is 5.91 Å². The minimum atomic E-state index is -1.22. The van der Waals surface area contributed by atoms with E-state index in [-0.39, 0.29) is 25.3 Å². The monoisotopic (exact) mass is 336 g/mol. The number of nitrogens with zero attached hydrogens (tertiary/aromatic N) is 3. The Kier molecular flexibility index (Phi) is 4.57. The fourth-order valence-corrected chi connectivity index (χ4v) is 3.01. The van der Waals surface area contributed by atoms with E-state index in [1.54, 1.807) is 4.90 Å². The fraction of sp³-hybridized carbons (Fsp3) is 0.438. The first-order valence-corrected chi connectivity index (χ1v) is 7.78. The topological polar surface area (TPSA) is 82.1 Å². The van der Waals surface area contributed by atoms with Gasteiger partial charge in [-0.1, -0.05) is 6.07 Å². The van der Waals surface area contributed by atoms with Gasteiger partial charge in [0.25, 0.3) is 0 Å². The maximum Gasteiger partial charge on any atom is 0.223 e. The number of carbonyl (C=O) groups excluding carboxylic acids is 1. The third-order valence-electron chi connectivity index (χ3n) is 4.34. The summed E-state index contributed by atoms with van der Waals surface area (Å²) in [5.74, 6) is -1.47. The van der Waals surface area contributed by atoms with Crippen LogP contribution in [0.3, 0.4) is 0 Å². The molecule has 1 saturated heterocycles. The summed E-state index contributed by atoms with van der Waals surface area (Å²) in [6.45, 7) is 0.662. The van der Waals surface area contributed by atoms with Gasteiger partial charge in [0.05, 0.1) is 12.7 Å². The van der Waals surface area contributed by atoms with Crippen LogP contribution in [0.2, 0.25) is 0 Å². The first kappa shape index (κ1) is 16.5. The number of nitrogens with one attached hydrogen (secondary N) is 1. The Hall–Kier alpha value is -2.35. The van der Waals surface area contributed by atoms with Gasteiger partial charge in [-0.3, -0.25) is 4.79 Å². The van der Waals surface area contributed by atoms with Crippen molar-refractivity contribution in [2.24, 2.45) is 0 Å². The minimum Gasteiger partial charge on any atom is -0.382 e. The van der Waals surface area contributed by atoms with E-state index in [1.807, 2.05) is 0 Å². The van der Waals surface area contributed by atoms with Crippen molar-refractivity contribution in [2.75, 3.05) is 13.1 Å². The van der Waals surface area contributed by atoms with Gasteiger partial charge in [-0.2, -0.15) is 15.4 Å². The van der Waals surface area contributed by atoms with Crippen LogP contribution >= 0.6 is 0 Å². The number of likely N-dealkylation sites (tertiary alicyclic amines) is 1. The summed E-state index contributed by atoms with van der Waals surface area (Å²) >= 11 is 0. The van der Waals surface area contributed by atoms with Crippen molar-refractivity contribution in [3.05, 3.63) is 47.3 Å². The molecule has 0 radical (unpaired) electrons. The van der Waals surface area contributed by atoms with Gasteiger partial charge in [0.2, 0.25) is 5.91 Å². The number of benzene rings is 1. The highest BCUT2D eigenvalue weighted by Crippen LogP contribution is 2.30. The maximum absolute atomic E-state index is 13.6. The average Bonchev–Trinajstić information content (AvgIpc) is 3.09. The Labute approximate surface area is 137 Å². The lowest BCUT2D eigenvalue weighted by molar-refractivity contribution is -0.139. The summed E-state index contributed by atoms with van der Waals surface area (Å²) in [4.78, 5) is 13.9. The quantitative estimate of drug-likeness (QED) is 0.887. The summed E-state index contributed by atoms with van der Waals surface area (Å²) in [5.41, 5.74) is -0.514. The van der Waals surface area contributed by atoms with Gasteiger partial charge in [0, 0.05) is 19.0 Å². The van der Waals surface area contributed by atoms with Crippen molar-refractivity contribution in [1.82, 2.24) is 20.3 Å². The van der Waals surface area contributed by atoms with Gasteiger partial charge in [-0.15, -0.1) is 0 Å². The number of amides is 1. The maximum atomic E-state index is 13.6.